The van der Waals surface area contributed by atoms with E-state index in [9.17, 15) is 28.8 Å². The molecular weight excluding hydrogens is 1000 g/mol. The third-order valence-corrected chi connectivity index (χ3v) is 16.7. The largest absolute Gasteiger partial charge is 0.379 e. The van der Waals surface area contributed by atoms with Gasteiger partial charge in [-0.05, 0) is 127 Å². The maximum atomic E-state index is 14.6. The molecule has 2 aliphatic rings. The summed E-state index contributed by atoms with van der Waals surface area (Å²) in [5.41, 5.74) is 4.83. The first-order chi connectivity index (χ1) is 37.6. The van der Waals surface area contributed by atoms with Gasteiger partial charge in [-0.2, -0.15) is 0 Å². The van der Waals surface area contributed by atoms with Gasteiger partial charge < -0.3 is 40.5 Å². The number of piperidine rings is 1. The van der Waals surface area contributed by atoms with Gasteiger partial charge in [0.25, 0.3) is 5.91 Å². The lowest BCUT2D eigenvalue weighted by atomic mass is 9.87. The van der Waals surface area contributed by atoms with Crippen molar-refractivity contribution in [3.8, 4) is 0 Å². The average Bonchev–Trinajstić information content (AvgIpc) is 3.92. The van der Waals surface area contributed by atoms with Crippen LogP contribution in [0.1, 0.15) is 131 Å². The van der Waals surface area contributed by atoms with E-state index in [0.717, 1.165) is 75.7 Å². The molecule has 6 amide bonds. The van der Waals surface area contributed by atoms with E-state index in [1.165, 1.54) is 0 Å². The molecule has 2 aliphatic heterocycles. The summed E-state index contributed by atoms with van der Waals surface area (Å²) < 4.78 is 12.3. The fourth-order valence-electron chi connectivity index (χ4n) is 11.9. The summed E-state index contributed by atoms with van der Waals surface area (Å²) in [4.78, 5) is 95.3. The highest BCUT2D eigenvalue weighted by Crippen LogP contribution is 2.31. The van der Waals surface area contributed by atoms with Crippen molar-refractivity contribution >= 4 is 41.1 Å². The monoisotopic (exact) mass is 1100 g/mol. The van der Waals surface area contributed by atoms with Crippen molar-refractivity contribution in [1.82, 2.24) is 41.0 Å². The molecule has 2 aromatic rings. The predicted molar refractivity (Wildman–Crippen MR) is 311 cm³/mol. The number of hydroxylamine groups is 1. The van der Waals surface area contributed by atoms with Crippen LogP contribution in [0.25, 0.3) is 0 Å². The van der Waals surface area contributed by atoms with Gasteiger partial charge in [-0.1, -0.05) is 104 Å². The molecule has 0 aromatic heterocycles. The van der Waals surface area contributed by atoms with Gasteiger partial charge in [0.1, 0.15) is 6.04 Å². The zero-order chi connectivity index (χ0) is 58.3. The van der Waals surface area contributed by atoms with Crippen LogP contribution < -0.4 is 26.7 Å². The van der Waals surface area contributed by atoms with Crippen LogP contribution in [0.4, 0.5) is 5.69 Å². The van der Waals surface area contributed by atoms with E-state index in [1.54, 1.807) is 40.3 Å². The number of ether oxygens (including phenoxy) is 2. The second-order valence-corrected chi connectivity index (χ2v) is 23.3. The summed E-state index contributed by atoms with van der Waals surface area (Å²) in [7, 11) is 10.8. The average molecular weight is 1100 g/mol. The summed E-state index contributed by atoms with van der Waals surface area (Å²) in [5.74, 6) is -1.13. The Morgan fingerprint density at radius 1 is 0.747 bits per heavy atom. The molecule has 0 bridgehead atoms. The van der Waals surface area contributed by atoms with Crippen LogP contribution in [0, 0.1) is 29.6 Å². The number of methoxy groups -OCH3 is 2. The number of hydrogen-bond acceptors (Lipinski definition) is 12. The summed E-state index contributed by atoms with van der Waals surface area (Å²) in [5, 5.41) is 12.1. The van der Waals surface area contributed by atoms with E-state index in [4.69, 9.17) is 14.3 Å². The number of rotatable bonds is 33. The SMILES string of the molecule is CC[C@H](C)[C@@H]([C@@H](CC(=O)N1CCC[C@H]1[C@H](OC)[C@@H](C)C(=O)N[C@@H](Cc1ccccc1)C(=O)NOCc1ccc(NC(=O)CCCCCN2CCC(C(=O)NC)CC2)cc1)OC)N(C)C(C)[C@@H](NC(=O)[C@H](C(C)C)N(C)C)C(C)C. The highest BCUT2D eigenvalue weighted by Gasteiger charge is 2.43. The number of likely N-dealkylation sites (N-methyl/N-ethyl adjacent to an activating group) is 2. The van der Waals surface area contributed by atoms with Gasteiger partial charge in [0, 0.05) is 70.4 Å². The Hall–Kier alpha value is -4.98. The second-order valence-electron chi connectivity index (χ2n) is 23.3. The van der Waals surface area contributed by atoms with Gasteiger partial charge in [-0.3, -0.25) is 43.4 Å². The Balaban J connectivity index is 1.34. The molecule has 2 aromatic carbocycles. The lowest BCUT2D eigenvalue weighted by molar-refractivity contribution is -0.144. The smallest absolute Gasteiger partial charge is 0.266 e. The Labute approximate surface area is 473 Å². The Kier molecular flexibility index (Phi) is 28.4. The number of hydrogen-bond donors (Lipinski definition) is 5. The number of unbranched alkanes of at least 4 members (excludes halogenated alkanes) is 2. The minimum absolute atomic E-state index is 0.00106. The molecule has 0 spiro atoms. The summed E-state index contributed by atoms with van der Waals surface area (Å²) in [6, 6.07) is 14.6. The highest BCUT2D eigenvalue weighted by molar-refractivity contribution is 5.91. The number of carbonyl (C=O) groups is 6. The molecule has 1 unspecified atom stereocenters. The normalized spacial score (nSPS) is 18.8. The lowest BCUT2D eigenvalue weighted by Gasteiger charge is -2.45. The number of anilines is 1. The van der Waals surface area contributed by atoms with E-state index in [0.29, 0.717) is 25.1 Å². The topological polar surface area (TPSA) is 203 Å². The van der Waals surface area contributed by atoms with Crippen molar-refractivity contribution < 1.29 is 43.1 Å². The van der Waals surface area contributed by atoms with E-state index in [2.05, 4.69) is 92.1 Å². The molecule has 444 valence electrons. The van der Waals surface area contributed by atoms with Gasteiger partial charge in [0.2, 0.25) is 29.5 Å². The van der Waals surface area contributed by atoms with Gasteiger partial charge in [0.15, 0.2) is 0 Å². The van der Waals surface area contributed by atoms with Crippen LogP contribution in [0.15, 0.2) is 54.6 Å². The molecular formula is C61H101N9O9. The van der Waals surface area contributed by atoms with Crippen LogP contribution in [-0.4, -0.2) is 172 Å². The van der Waals surface area contributed by atoms with Crippen LogP contribution >= 0.6 is 0 Å². The molecule has 18 nitrogen and oxygen atoms in total. The summed E-state index contributed by atoms with van der Waals surface area (Å²) in [6.07, 6.45) is 6.39. The minimum Gasteiger partial charge on any atom is -0.379 e. The predicted octanol–water partition coefficient (Wildman–Crippen LogP) is 6.43. The van der Waals surface area contributed by atoms with Gasteiger partial charge >= 0.3 is 0 Å². The first-order valence-electron chi connectivity index (χ1n) is 29.3. The maximum absolute atomic E-state index is 14.6. The molecule has 10 atom stereocenters. The lowest BCUT2D eigenvalue weighted by Crippen LogP contribution is -2.60. The van der Waals surface area contributed by atoms with Crippen LogP contribution in [0.5, 0.6) is 0 Å². The second kappa shape index (κ2) is 33.7. The third-order valence-electron chi connectivity index (χ3n) is 16.7. The molecule has 0 saturated carbocycles. The van der Waals surface area contributed by atoms with E-state index in [-0.39, 0.29) is 90.9 Å². The molecule has 2 saturated heterocycles. The standard InChI is InChI=1S/C61H101N9O9/c1-15-42(6)56(68(12)44(8)54(40(2)3)65-61(76)55(41(4)5)67(10)11)51(77-13)38-53(72)70-34-22-25-50(70)57(78-14)43(7)58(73)64-49(37-45-23-18-16-19-24-45)60(75)66-79-39-46-27-29-48(30-28-46)63-52(71)26-20-17-21-33-69-35-31-47(32-36-69)59(74)62-9/h16,18-19,23-24,27-30,40-44,47,49-51,54-57H,15,17,20-22,25-26,31-39H2,1-14H3,(H,62,74)(H,63,71)(H,64,73)(H,65,76)(H,66,75)/t42-,43+,44?,49-,50-,51+,54-,55-,56-,57+/m0/s1. The van der Waals surface area contributed by atoms with Crippen molar-refractivity contribution in [2.75, 3.05) is 73.9 Å². The fourth-order valence-corrected chi connectivity index (χ4v) is 11.9. The van der Waals surface area contributed by atoms with E-state index >= 15 is 0 Å². The van der Waals surface area contributed by atoms with Crippen molar-refractivity contribution in [3.05, 3.63) is 65.7 Å². The highest BCUT2D eigenvalue weighted by atomic mass is 16.7. The molecule has 0 radical (unpaired) electrons. The Morgan fingerprint density at radius 2 is 1.42 bits per heavy atom. The number of nitrogens with zero attached hydrogens (tertiary/aromatic N) is 4. The van der Waals surface area contributed by atoms with Gasteiger partial charge in [-0.25, -0.2) is 5.48 Å². The number of benzene rings is 2. The molecule has 2 heterocycles. The quantitative estimate of drug-likeness (QED) is 0.0388. The molecule has 4 rings (SSSR count). The zero-order valence-electron chi connectivity index (χ0n) is 50.5. The Morgan fingerprint density at radius 3 is 2.00 bits per heavy atom. The molecule has 0 aliphatic carbocycles. The van der Waals surface area contributed by atoms with Gasteiger partial charge in [0.05, 0.1) is 43.2 Å². The first kappa shape index (κ1) is 66.5. The van der Waals surface area contributed by atoms with Crippen LogP contribution in [0.2, 0.25) is 0 Å². The Bertz CT molecular complexity index is 2170. The van der Waals surface area contributed by atoms with Crippen molar-refractivity contribution in [1.29, 1.82) is 0 Å². The van der Waals surface area contributed by atoms with Gasteiger partial charge in [-0.15, -0.1) is 0 Å². The van der Waals surface area contributed by atoms with E-state index in [1.807, 2.05) is 66.4 Å². The van der Waals surface area contributed by atoms with Crippen molar-refractivity contribution in [2.24, 2.45) is 29.6 Å². The molecule has 2 fully saturated rings. The maximum Gasteiger partial charge on any atom is 0.266 e. The van der Waals surface area contributed by atoms with Crippen LogP contribution in [0.3, 0.4) is 0 Å². The number of likely N-dealkylation sites (tertiary alicyclic amines) is 2. The molecule has 5 N–H and O–H groups in total. The first-order valence-corrected chi connectivity index (χ1v) is 29.3. The van der Waals surface area contributed by atoms with Crippen molar-refractivity contribution in [2.45, 2.75) is 181 Å². The molecule has 18 heteroatoms. The third kappa shape index (κ3) is 20.2. The minimum atomic E-state index is -0.992. The summed E-state index contributed by atoms with van der Waals surface area (Å²) in [6.45, 7) is 20.0. The fraction of sp³-hybridized carbons (Fsp3) is 0.705. The van der Waals surface area contributed by atoms with E-state index < -0.39 is 42.0 Å². The summed E-state index contributed by atoms with van der Waals surface area (Å²) >= 11 is 0. The number of amides is 6. The zero-order valence-corrected chi connectivity index (χ0v) is 50.5. The van der Waals surface area contributed by atoms with Crippen LogP contribution in [-0.2, 0) is 56.1 Å². The van der Waals surface area contributed by atoms with Crippen molar-refractivity contribution in [3.63, 3.8) is 0 Å². The molecule has 79 heavy (non-hydrogen) atoms. The number of carbonyl (C=O) groups excluding carboxylic acids is 6. The number of nitrogens with one attached hydrogen (secondary N) is 5.